The van der Waals surface area contributed by atoms with Gasteiger partial charge in [-0.2, -0.15) is 0 Å². The van der Waals surface area contributed by atoms with Gasteiger partial charge in [0.1, 0.15) is 5.03 Å². The lowest BCUT2D eigenvalue weighted by atomic mass is 10.2. The molecular formula is C11H15N5S2. The van der Waals surface area contributed by atoms with E-state index >= 15 is 0 Å². The maximum absolute atomic E-state index is 5.78. The molecule has 0 radical (unpaired) electrons. The molecule has 2 N–H and O–H groups in total. The Labute approximate surface area is 114 Å². The molecule has 96 valence electrons. The highest BCUT2D eigenvalue weighted by atomic mass is 32.2. The average molecular weight is 281 g/mol. The van der Waals surface area contributed by atoms with Crippen LogP contribution in [0.4, 0.5) is 5.13 Å². The molecular weight excluding hydrogens is 266 g/mol. The zero-order chi connectivity index (χ0) is 13.1. The minimum atomic E-state index is 0.0124. The monoisotopic (exact) mass is 281 g/mol. The van der Waals surface area contributed by atoms with Crippen molar-refractivity contribution in [2.45, 2.75) is 22.3 Å². The van der Waals surface area contributed by atoms with Crippen molar-refractivity contribution in [3.05, 3.63) is 23.9 Å². The van der Waals surface area contributed by atoms with Gasteiger partial charge in [-0.15, -0.1) is 10.2 Å². The van der Waals surface area contributed by atoms with Gasteiger partial charge in [-0.05, 0) is 30.3 Å². The van der Waals surface area contributed by atoms with Gasteiger partial charge in [0, 0.05) is 26.3 Å². The second-order valence-corrected chi connectivity index (χ2v) is 6.29. The van der Waals surface area contributed by atoms with Crippen molar-refractivity contribution < 1.29 is 0 Å². The normalized spacial score (nSPS) is 12.4. The molecule has 2 aromatic heterocycles. The number of rotatable bonds is 4. The van der Waals surface area contributed by atoms with Gasteiger partial charge >= 0.3 is 0 Å². The van der Waals surface area contributed by atoms with Gasteiger partial charge in [-0.3, -0.25) is 0 Å². The molecule has 0 saturated carbocycles. The lowest BCUT2D eigenvalue weighted by Crippen LogP contribution is -2.07. The van der Waals surface area contributed by atoms with Gasteiger partial charge in [-0.1, -0.05) is 17.4 Å². The van der Waals surface area contributed by atoms with Gasteiger partial charge < -0.3 is 10.6 Å². The topological polar surface area (TPSA) is 67.9 Å². The van der Waals surface area contributed by atoms with E-state index in [1.165, 1.54) is 11.8 Å². The highest BCUT2D eigenvalue weighted by Crippen LogP contribution is 2.31. The second-order valence-electron chi connectivity index (χ2n) is 4.07. The van der Waals surface area contributed by atoms with Crippen LogP contribution in [0.25, 0.3) is 0 Å². The molecule has 0 aliphatic carbocycles. The van der Waals surface area contributed by atoms with E-state index in [-0.39, 0.29) is 6.04 Å². The molecule has 0 spiro atoms. The predicted molar refractivity (Wildman–Crippen MR) is 75.2 cm³/mol. The van der Waals surface area contributed by atoms with E-state index in [0.717, 1.165) is 20.1 Å². The van der Waals surface area contributed by atoms with E-state index in [0.29, 0.717) is 0 Å². The minimum absolute atomic E-state index is 0.0124. The maximum atomic E-state index is 5.78. The van der Waals surface area contributed by atoms with Crippen molar-refractivity contribution >= 4 is 28.2 Å². The summed E-state index contributed by atoms with van der Waals surface area (Å²) in [5, 5.41) is 10.00. The number of nitrogens with two attached hydrogens (primary N) is 1. The zero-order valence-corrected chi connectivity index (χ0v) is 12.1. The van der Waals surface area contributed by atoms with E-state index in [1.54, 1.807) is 17.5 Å². The fraction of sp³-hybridized carbons (Fsp3) is 0.364. The molecule has 1 atom stereocenters. The molecule has 0 bridgehead atoms. The first-order chi connectivity index (χ1) is 8.56. The lowest BCUT2D eigenvalue weighted by Gasteiger charge is -2.05. The van der Waals surface area contributed by atoms with Crippen molar-refractivity contribution in [2.75, 3.05) is 19.0 Å². The summed E-state index contributed by atoms with van der Waals surface area (Å²) in [5.74, 6) is 0. The van der Waals surface area contributed by atoms with Crippen LogP contribution in [0.1, 0.15) is 18.5 Å². The Morgan fingerprint density at radius 3 is 2.61 bits per heavy atom. The Hall–Kier alpha value is -1.18. The number of pyridine rings is 1. The van der Waals surface area contributed by atoms with Crippen molar-refractivity contribution in [3.63, 3.8) is 0 Å². The smallest absolute Gasteiger partial charge is 0.208 e. The number of hydrogen-bond donors (Lipinski definition) is 1. The molecule has 5 nitrogen and oxygen atoms in total. The third-order valence-corrected chi connectivity index (χ3v) is 4.35. The number of hydrogen-bond acceptors (Lipinski definition) is 7. The molecule has 18 heavy (non-hydrogen) atoms. The van der Waals surface area contributed by atoms with E-state index in [1.807, 2.05) is 38.1 Å². The Kier molecular flexibility index (Phi) is 4.15. The van der Waals surface area contributed by atoms with E-state index in [9.17, 15) is 0 Å². The van der Waals surface area contributed by atoms with Crippen LogP contribution < -0.4 is 10.6 Å². The van der Waals surface area contributed by atoms with Crippen LogP contribution in [0, 0.1) is 0 Å². The van der Waals surface area contributed by atoms with Crippen molar-refractivity contribution in [1.29, 1.82) is 0 Å². The summed E-state index contributed by atoms with van der Waals surface area (Å²) in [6.07, 6.45) is 1.81. The molecule has 2 aromatic rings. The third-order valence-electron chi connectivity index (χ3n) is 2.26. The molecule has 0 amide bonds. The second kappa shape index (κ2) is 5.64. The molecule has 0 aromatic carbocycles. The first-order valence-electron chi connectivity index (χ1n) is 5.46. The number of aromatic nitrogens is 3. The molecule has 2 heterocycles. The summed E-state index contributed by atoms with van der Waals surface area (Å²) < 4.78 is 0.889. The van der Waals surface area contributed by atoms with Crippen LogP contribution in [-0.4, -0.2) is 29.3 Å². The molecule has 2 rings (SSSR count). The van der Waals surface area contributed by atoms with Crippen LogP contribution in [0.5, 0.6) is 0 Å². The van der Waals surface area contributed by atoms with Gasteiger partial charge in [0.05, 0.1) is 0 Å². The van der Waals surface area contributed by atoms with Crippen LogP contribution in [0.3, 0.4) is 0 Å². The van der Waals surface area contributed by atoms with Gasteiger partial charge in [-0.25, -0.2) is 4.98 Å². The van der Waals surface area contributed by atoms with Crippen LogP contribution >= 0.6 is 23.1 Å². The molecule has 0 aliphatic rings. The summed E-state index contributed by atoms with van der Waals surface area (Å²) in [4.78, 5) is 6.30. The molecule has 0 saturated heterocycles. The van der Waals surface area contributed by atoms with E-state index in [4.69, 9.17) is 5.73 Å². The van der Waals surface area contributed by atoms with Gasteiger partial charge in [0.25, 0.3) is 0 Å². The Morgan fingerprint density at radius 1 is 1.33 bits per heavy atom. The predicted octanol–water partition coefficient (Wildman–Crippen LogP) is 2.17. The van der Waals surface area contributed by atoms with Gasteiger partial charge in [0.15, 0.2) is 4.34 Å². The first kappa shape index (κ1) is 13.3. The quantitative estimate of drug-likeness (QED) is 0.926. The van der Waals surface area contributed by atoms with Gasteiger partial charge in [0.2, 0.25) is 5.13 Å². The maximum Gasteiger partial charge on any atom is 0.208 e. The summed E-state index contributed by atoms with van der Waals surface area (Å²) in [6, 6.07) is 3.96. The van der Waals surface area contributed by atoms with Crippen molar-refractivity contribution in [3.8, 4) is 0 Å². The highest BCUT2D eigenvalue weighted by molar-refractivity contribution is 8.01. The lowest BCUT2D eigenvalue weighted by molar-refractivity contribution is 0.806. The largest absolute Gasteiger partial charge is 0.353 e. The highest BCUT2D eigenvalue weighted by Gasteiger charge is 2.08. The number of nitrogens with zero attached hydrogens (tertiary/aromatic N) is 4. The number of anilines is 1. The fourth-order valence-corrected chi connectivity index (χ4v) is 2.89. The summed E-state index contributed by atoms with van der Waals surface area (Å²) in [5.41, 5.74) is 6.81. The summed E-state index contributed by atoms with van der Waals surface area (Å²) in [7, 11) is 3.90. The van der Waals surface area contributed by atoms with E-state index in [2.05, 4.69) is 15.2 Å². The first-order valence-corrected chi connectivity index (χ1v) is 7.10. The van der Waals surface area contributed by atoms with Crippen LogP contribution in [0.15, 0.2) is 27.7 Å². The standard InChI is InChI=1S/C11H15N5S2/c1-7(12)8-4-5-9(13-6-8)17-11-15-14-10(18-11)16(2)3/h4-7H,12H2,1-3H3. The van der Waals surface area contributed by atoms with Crippen LogP contribution in [-0.2, 0) is 0 Å². The fourth-order valence-electron chi connectivity index (χ4n) is 1.24. The Morgan fingerprint density at radius 2 is 2.11 bits per heavy atom. The minimum Gasteiger partial charge on any atom is -0.353 e. The average Bonchev–Trinajstić information content (AvgIpc) is 2.78. The molecule has 0 aliphatic heterocycles. The third kappa shape index (κ3) is 3.18. The Bertz CT molecular complexity index is 506. The summed E-state index contributed by atoms with van der Waals surface area (Å²) in [6.45, 7) is 1.94. The zero-order valence-electron chi connectivity index (χ0n) is 10.5. The van der Waals surface area contributed by atoms with Crippen molar-refractivity contribution in [1.82, 2.24) is 15.2 Å². The molecule has 0 fully saturated rings. The van der Waals surface area contributed by atoms with Crippen LogP contribution in [0.2, 0.25) is 0 Å². The molecule has 7 heteroatoms. The SMILES string of the molecule is CC(N)c1ccc(Sc2nnc(N(C)C)s2)nc1. The van der Waals surface area contributed by atoms with E-state index < -0.39 is 0 Å². The molecule has 1 unspecified atom stereocenters. The Balaban J connectivity index is 2.08. The summed E-state index contributed by atoms with van der Waals surface area (Å²) >= 11 is 3.06. The van der Waals surface area contributed by atoms with Crippen molar-refractivity contribution in [2.24, 2.45) is 5.73 Å².